The van der Waals surface area contributed by atoms with Gasteiger partial charge in [-0.25, -0.2) is 0 Å². The molecule has 1 N–H and O–H groups in total. The molecule has 1 fully saturated rings. The van der Waals surface area contributed by atoms with E-state index in [1.807, 2.05) is 12.1 Å². The van der Waals surface area contributed by atoms with Gasteiger partial charge in [0.2, 0.25) is 0 Å². The Labute approximate surface area is 122 Å². The molecule has 3 nitrogen and oxygen atoms in total. The molecule has 1 aromatic carbocycles. The molecule has 0 atom stereocenters. The van der Waals surface area contributed by atoms with Crippen LogP contribution in [0, 0.1) is 3.95 Å². The summed E-state index contributed by atoms with van der Waals surface area (Å²) in [5.41, 5.74) is 1.49. The molecule has 1 aliphatic rings. The van der Waals surface area contributed by atoms with E-state index < -0.39 is 0 Å². The van der Waals surface area contributed by atoms with E-state index in [1.54, 1.807) is 11.3 Å². The van der Waals surface area contributed by atoms with Crippen molar-refractivity contribution in [1.82, 2.24) is 4.98 Å². The summed E-state index contributed by atoms with van der Waals surface area (Å²) in [4.78, 5) is 3.16. The van der Waals surface area contributed by atoms with Crippen molar-refractivity contribution < 1.29 is 9.31 Å². The van der Waals surface area contributed by atoms with Gasteiger partial charge < -0.3 is 14.3 Å². The predicted octanol–water partition coefficient (Wildman–Crippen LogP) is 3.26. The fraction of sp³-hybridized carbons (Fsp3) is 0.462. The maximum atomic E-state index is 6.05. The Bertz CT molecular complexity index is 673. The number of thiazole rings is 1. The Morgan fingerprint density at radius 1 is 1.16 bits per heavy atom. The van der Waals surface area contributed by atoms with Crippen molar-refractivity contribution in [3.05, 3.63) is 22.2 Å². The number of nitrogens with one attached hydrogen (secondary N) is 1. The second-order valence-corrected chi connectivity index (χ2v) is 7.58. The molecule has 0 bridgehead atoms. The SMILES string of the molecule is CC1(C)OB(c2ccc3[nH]c(=S)sc3c2)OC1(C)C. The van der Waals surface area contributed by atoms with E-state index in [1.165, 1.54) is 0 Å². The molecule has 2 heterocycles. The number of hydrogen-bond donors (Lipinski definition) is 1. The molecule has 0 saturated carbocycles. The first-order chi connectivity index (χ1) is 8.78. The molecule has 1 aliphatic heterocycles. The van der Waals surface area contributed by atoms with Gasteiger partial charge in [0.1, 0.15) is 0 Å². The van der Waals surface area contributed by atoms with Crippen molar-refractivity contribution in [2.75, 3.05) is 0 Å². The summed E-state index contributed by atoms with van der Waals surface area (Å²) in [6.07, 6.45) is 0. The van der Waals surface area contributed by atoms with E-state index in [4.69, 9.17) is 21.5 Å². The van der Waals surface area contributed by atoms with Gasteiger partial charge in [-0.2, -0.15) is 0 Å². The summed E-state index contributed by atoms with van der Waals surface area (Å²) < 4.78 is 14.0. The van der Waals surface area contributed by atoms with E-state index in [2.05, 4.69) is 38.7 Å². The van der Waals surface area contributed by atoms with E-state index in [0.717, 1.165) is 19.6 Å². The zero-order valence-corrected chi connectivity index (χ0v) is 13.1. The van der Waals surface area contributed by atoms with Crippen molar-refractivity contribution >= 4 is 46.4 Å². The summed E-state index contributed by atoms with van der Waals surface area (Å²) in [7, 11) is -0.315. The third-order valence-electron chi connectivity index (χ3n) is 3.97. The van der Waals surface area contributed by atoms with E-state index in [-0.39, 0.29) is 18.3 Å². The van der Waals surface area contributed by atoms with E-state index >= 15 is 0 Å². The van der Waals surface area contributed by atoms with Crippen LogP contribution in [0.3, 0.4) is 0 Å². The molecule has 3 rings (SSSR count). The molecule has 6 heteroatoms. The molecule has 0 spiro atoms. The highest BCUT2D eigenvalue weighted by Crippen LogP contribution is 2.36. The maximum absolute atomic E-state index is 6.05. The van der Waals surface area contributed by atoms with Crippen LogP contribution in [0.25, 0.3) is 10.2 Å². The third kappa shape index (κ3) is 2.16. The van der Waals surface area contributed by atoms with Gasteiger partial charge in [0, 0.05) is 0 Å². The predicted molar refractivity (Wildman–Crippen MR) is 82.7 cm³/mol. The van der Waals surface area contributed by atoms with E-state index in [0.29, 0.717) is 0 Å². The summed E-state index contributed by atoms with van der Waals surface area (Å²) >= 11 is 6.74. The van der Waals surface area contributed by atoms with Crippen molar-refractivity contribution in [3.63, 3.8) is 0 Å². The Morgan fingerprint density at radius 2 is 1.79 bits per heavy atom. The van der Waals surface area contributed by atoms with Crippen LogP contribution in [-0.2, 0) is 9.31 Å². The largest absolute Gasteiger partial charge is 0.494 e. The van der Waals surface area contributed by atoms with Crippen LogP contribution in [0.2, 0.25) is 0 Å². The fourth-order valence-corrected chi connectivity index (χ4v) is 3.25. The number of fused-ring (bicyclic) bond motifs is 1. The van der Waals surface area contributed by atoms with Crippen molar-refractivity contribution in [2.24, 2.45) is 0 Å². The van der Waals surface area contributed by atoms with Gasteiger partial charge in [0.25, 0.3) is 0 Å². The lowest BCUT2D eigenvalue weighted by Crippen LogP contribution is -2.41. The lowest BCUT2D eigenvalue weighted by Gasteiger charge is -2.32. The van der Waals surface area contributed by atoms with Gasteiger partial charge in [-0.1, -0.05) is 6.07 Å². The quantitative estimate of drug-likeness (QED) is 0.647. The number of H-pyrrole nitrogens is 1. The first kappa shape index (κ1) is 13.3. The van der Waals surface area contributed by atoms with Crippen LogP contribution >= 0.6 is 23.6 Å². The standard InChI is InChI=1S/C13H16BNO2S2/c1-12(2)13(3,4)17-14(16-12)8-5-6-9-10(7-8)19-11(18)15-9/h5-7H,1-4H3,(H,15,18). The second kappa shape index (κ2) is 4.15. The van der Waals surface area contributed by atoms with Gasteiger partial charge in [-0.3, -0.25) is 0 Å². The van der Waals surface area contributed by atoms with E-state index in [9.17, 15) is 0 Å². The minimum Gasteiger partial charge on any atom is -0.399 e. The van der Waals surface area contributed by atoms with Crippen molar-refractivity contribution in [1.29, 1.82) is 0 Å². The zero-order chi connectivity index (χ0) is 13.8. The normalized spacial score (nSPS) is 21.2. The number of aromatic nitrogens is 1. The molecule has 1 aromatic heterocycles. The van der Waals surface area contributed by atoms with Crippen LogP contribution < -0.4 is 5.46 Å². The van der Waals surface area contributed by atoms with Gasteiger partial charge in [0.15, 0.2) is 3.95 Å². The number of hydrogen-bond acceptors (Lipinski definition) is 4. The summed E-state index contributed by atoms with van der Waals surface area (Å²) in [5, 5.41) is 0. The summed E-state index contributed by atoms with van der Waals surface area (Å²) in [5.74, 6) is 0. The summed E-state index contributed by atoms with van der Waals surface area (Å²) in [6.45, 7) is 8.25. The number of benzene rings is 1. The van der Waals surface area contributed by atoms with Crippen LogP contribution in [0.4, 0.5) is 0 Å². The van der Waals surface area contributed by atoms with Gasteiger partial charge in [0.05, 0.1) is 21.4 Å². The zero-order valence-electron chi connectivity index (χ0n) is 11.4. The van der Waals surface area contributed by atoms with Crippen LogP contribution in [0.15, 0.2) is 18.2 Å². The molecule has 2 aromatic rings. The molecular formula is C13H16BNO2S2. The molecule has 100 valence electrons. The Hall–Kier alpha value is -0.685. The van der Waals surface area contributed by atoms with Crippen molar-refractivity contribution in [3.8, 4) is 0 Å². The van der Waals surface area contributed by atoms with Crippen LogP contribution in [0.5, 0.6) is 0 Å². The lowest BCUT2D eigenvalue weighted by molar-refractivity contribution is 0.00578. The molecular weight excluding hydrogens is 277 g/mol. The monoisotopic (exact) mass is 293 g/mol. The Morgan fingerprint density at radius 3 is 2.42 bits per heavy atom. The average Bonchev–Trinajstić information content (AvgIpc) is 2.74. The van der Waals surface area contributed by atoms with Gasteiger partial charge >= 0.3 is 7.12 Å². The summed E-state index contributed by atoms with van der Waals surface area (Å²) in [6, 6.07) is 6.15. The van der Waals surface area contributed by atoms with Gasteiger partial charge in [-0.05, 0) is 57.5 Å². The first-order valence-corrected chi connectivity index (χ1v) is 7.49. The van der Waals surface area contributed by atoms with Crippen LogP contribution in [0.1, 0.15) is 27.7 Å². The minimum absolute atomic E-state index is 0.308. The number of aromatic amines is 1. The lowest BCUT2D eigenvalue weighted by atomic mass is 9.79. The molecule has 0 aliphatic carbocycles. The highest BCUT2D eigenvalue weighted by atomic mass is 32.1. The van der Waals surface area contributed by atoms with Crippen LogP contribution in [-0.4, -0.2) is 23.3 Å². The fourth-order valence-electron chi connectivity index (χ4n) is 2.09. The maximum Gasteiger partial charge on any atom is 0.494 e. The highest BCUT2D eigenvalue weighted by Gasteiger charge is 2.51. The number of rotatable bonds is 1. The highest BCUT2D eigenvalue weighted by molar-refractivity contribution is 7.73. The second-order valence-electron chi connectivity index (χ2n) is 5.86. The first-order valence-electron chi connectivity index (χ1n) is 6.27. The Kier molecular flexibility index (Phi) is 2.91. The minimum atomic E-state index is -0.315. The smallest absolute Gasteiger partial charge is 0.399 e. The molecule has 0 radical (unpaired) electrons. The third-order valence-corrected chi connectivity index (χ3v) is 5.17. The molecule has 19 heavy (non-hydrogen) atoms. The molecule has 1 saturated heterocycles. The Balaban J connectivity index is 2.00. The van der Waals surface area contributed by atoms with Crippen molar-refractivity contribution in [2.45, 2.75) is 38.9 Å². The van der Waals surface area contributed by atoms with Gasteiger partial charge in [-0.15, -0.1) is 11.3 Å². The average molecular weight is 293 g/mol. The molecule has 0 amide bonds. The molecule has 0 unspecified atom stereocenters. The topological polar surface area (TPSA) is 34.2 Å².